The van der Waals surface area contributed by atoms with Gasteiger partial charge >= 0.3 is 0 Å². The van der Waals surface area contributed by atoms with Crippen molar-refractivity contribution in [2.24, 2.45) is 0 Å². The number of nitrogens with zero attached hydrogens (tertiary/aromatic N) is 3. The van der Waals surface area contributed by atoms with Crippen LogP contribution in [-0.2, 0) is 24.5 Å². The molecule has 0 aliphatic rings. The fourth-order valence-corrected chi connectivity index (χ4v) is 3.59. The van der Waals surface area contributed by atoms with Crippen LogP contribution in [0, 0.1) is 0 Å². The molecule has 0 fully saturated rings. The molecule has 0 spiro atoms. The van der Waals surface area contributed by atoms with E-state index in [0.717, 1.165) is 24.0 Å². The predicted octanol–water partition coefficient (Wildman–Crippen LogP) is 4.70. The molecule has 166 valence electrons. The Labute approximate surface area is 187 Å². The summed E-state index contributed by atoms with van der Waals surface area (Å²) >= 11 is 0. The standard InChI is InChI=1S/C25H28N4O3/c1-3-14-29-24-22(20(28-29)17-31-16-18-10-6-5-7-11-18)25(30)27-23(26-24)19-12-8-9-13-21(19)32-15-4-2/h5-13H,3-4,14-17H2,1-2H3,(H,26,27,30). The molecule has 0 aliphatic carbocycles. The van der Waals surface area contributed by atoms with Crippen LogP contribution in [0.5, 0.6) is 5.75 Å². The molecule has 7 nitrogen and oxygen atoms in total. The summed E-state index contributed by atoms with van der Waals surface area (Å²) in [7, 11) is 0. The Morgan fingerprint density at radius 3 is 2.53 bits per heavy atom. The van der Waals surface area contributed by atoms with E-state index in [-0.39, 0.29) is 12.2 Å². The Bertz CT molecular complexity index is 1230. The lowest BCUT2D eigenvalue weighted by Gasteiger charge is -2.10. The van der Waals surface area contributed by atoms with Gasteiger partial charge in [0, 0.05) is 6.54 Å². The van der Waals surface area contributed by atoms with Crippen molar-refractivity contribution in [3.63, 3.8) is 0 Å². The molecule has 0 saturated heterocycles. The lowest BCUT2D eigenvalue weighted by atomic mass is 10.2. The third kappa shape index (κ3) is 4.73. The largest absolute Gasteiger partial charge is 0.493 e. The van der Waals surface area contributed by atoms with Crippen LogP contribution in [0.2, 0.25) is 0 Å². The normalized spacial score (nSPS) is 11.2. The molecule has 4 rings (SSSR count). The van der Waals surface area contributed by atoms with Crippen molar-refractivity contribution in [3.8, 4) is 17.1 Å². The van der Waals surface area contributed by atoms with Gasteiger partial charge < -0.3 is 14.5 Å². The predicted molar refractivity (Wildman–Crippen MR) is 125 cm³/mol. The van der Waals surface area contributed by atoms with Gasteiger partial charge in [0.1, 0.15) is 22.7 Å². The Balaban J connectivity index is 1.69. The minimum absolute atomic E-state index is 0.226. The molecule has 2 aromatic carbocycles. The Hall–Kier alpha value is -3.45. The summed E-state index contributed by atoms with van der Waals surface area (Å²) < 4.78 is 13.5. The van der Waals surface area contributed by atoms with Gasteiger partial charge in [0.25, 0.3) is 5.56 Å². The molecule has 2 heterocycles. The second kappa shape index (κ2) is 10.2. The zero-order chi connectivity index (χ0) is 22.3. The molecule has 0 bridgehead atoms. The molecule has 0 saturated carbocycles. The fourth-order valence-electron chi connectivity index (χ4n) is 3.59. The number of aromatic amines is 1. The average Bonchev–Trinajstić information content (AvgIpc) is 3.16. The number of fused-ring (bicyclic) bond motifs is 1. The molecule has 0 amide bonds. The Morgan fingerprint density at radius 2 is 1.75 bits per heavy atom. The number of hydrogen-bond donors (Lipinski definition) is 1. The Morgan fingerprint density at radius 1 is 0.969 bits per heavy atom. The SMILES string of the molecule is CCCOc1ccccc1-c1nc2c(c(COCc3ccccc3)nn2CCC)c(=O)[nH]1. The van der Waals surface area contributed by atoms with Crippen molar-refractivity contribution in [1.82, 2.24) is 19.7 Å². The minimum Gasteiger partial charge on any atom is -0.493 e. The smallest absolute Gasteiger partial charge is 0.262 e. The van der Waals surface area contributed by atoms with Gasteiger partial charge in [-0.15, -0.1) is 0 Å². The highest BCUT2D eigenvalue weighted by Crippen LogP contribution is 2.28. The van der Waals surface area contributed by atoms with E-state index >= 15 is 0 Å². The molecule has 32 heavy (non-hydrogen) atoms. The number of para-hydroxylation sites is 1. The van der Waals surface area contributed by atoms with Gasteiger partial charge in [0.05, 0.1) is 25.4 Å². The summed E-state index contributed by atoms with van der Waals surface area (Å²) in [5.74, 6) is 1.17. The van der Waals surface area contributed by atoms with Crippen LogP contribution in [0.4, 0.5) is 0 Å². The number of aryl methyl sites for hydroxylation is 1. The number of rotatable bonds is 10. The van der Waals surface area contributed by atoms with E-state index < -0.39 is 0 Å². The van der Waals surface area contributed by atoms with Crippen molar-refractivity contribution in [2.45, 2.75) is 46.4 Å². The highest BCUT2D eigenvalue weighted by Gasteiger charge is 2.18. The van der Waals surface area contributed by atoms with Crippen molar-refractivity contribution in [3.05, 3.63) is 76.2 Å². The van der Waals surface area contributed by atoms with Gasteiger partial charge in [-0.05, 0) is 30.5 Å². The first-order valence-corrected chi connectivity index (χ1v) is 11.0. The van der Waals surface area contributed by atoms with Gasteiger partial charge in [0.2, 0.25) is 0 Å². The van der Waals surface area contributed by atoms with Crippen molar-refractivity contribution in [1.29, 1.82) is 0 Å². The average molecular weight is 433 g/mol. The maximum absolute atomic E-state index is 13.1. The molecule has 7 heteroatoms. The summed E-state index contributed by atoms with van der Waals surface area (Å²) in [6.45, 7) is 6.08. The van der Waals surface area contributed by atoms with E-state index in [4.69, 9.17) is 14.5 Å². The van der Waals surface area contributed by atoms with Crippen LogP contribution in [0.25, 0.3) is 22.4 Å². The summed E-state index contributed by atoms with van der Waals surface area (Å²) in [5.41, 5.74) is 2.76. The topological polar surface area (TPSA) is 82.0 Å². The van der Waals surface area contributed by atoms with Gasteiger partial charge in [-0.3, -0.25) is 4.79 Å². The summed E-state index contributed by atoms with van der Waals surface area (Å²) in [5, 5.41) is 5.13. The van der Waals surface area contributed by atoms with Gasteiger partial charge in [0.15, 0.2) is 5.65 Å². The van der Waals surface area contributed by atoms with E-state index in [1.54, 1.807) is 4.68 Å². The van der Waals surface area contributed by atoms with Crippen molar-refractivity contribution >= 4 is 11.0 Å². The van der Waals surface area contributed by atoms with Crippen LogP contribution in [0.3, 0.4) is 0 Å². The van der Waals surface area contributed by atoms with Crippen LogP contribution < -0.4 is 10.3 Å². The zero-order valence-corrected chi connectivity index (χ0v) is 18.5. The monoisotopic (exact) mass is 432 g/mol. The molecular weight excluding hydrogens is 404 g/mol. The summed E-state index contributed by atoms with van der Waals surface area (Å²) in [4.78, 5) is 20.8. The van der Waals surface area contributed by atoms with Gasteiger partial charge in [-0.2, -0.15) is 5.10 Å². The molecule has 1 N–H and O–H groups in total. The van der Waals surface area contributed by atoms with Crippen LogP contribution >= 0.6 is 0 Å². The first-order chi connectivity index (χ1) is 15.7. The van der Waals surface area contributed by atoms with Crippen LogP contribution in [-0.4, -0.2) is 26.4 Å². The lowest BCUT2D eigenvalue weighted by molar-refractivity contribution is 0.105. The second-order valence-corrected chi connectivity index (χ2v) is 7.61. The number of hydrogen-bond acceptors (Lipinski definition) is 5. The fraction of sp³-hybridized carbons (Fsp3) is 0.320. The summed E-state index contributed by atoms with van der Waals surface area (Å²) in [6.07, 6.45) is 1.77. The molecular formula is C25H28N4O3. The third-order valence-corrected chi connectivity index (χ3v) is 5.06. The molecule has 0 atom stereocenters. The highest BCUT2D eigenvalue weighted by atomic mass is 16.5. The van der Waals surface area contributed by atoms with E-state index in [1.165, 1.54) is 0 Å². The minimum atomic E-state index is -0.226. The number of benzene rings is 2. The third-order valence-electron chi connectivity index (χ3n) is 5.06. The highest BCUT2D eigenvalue weighted by molar-refractivity contribution is 5.80. The quantitative estimate of drug-likeness (QED) is 0.393. The molecule has 2 aromatic heterocycles. The summed E-state index contributed by atoms with van der Waals surface area (Å²) in [6, 6.07) is 17.5. The van der Waals surface area contributed by atoms with Crippen molar-refractivity contribution < 1.29 is 9.47 Å². The number of H-pyrrole nitrogens is 1. The van der Waals surface area contributed by atoms with Gasteiger partial charge in [-0.1, -0.05) is 56.3 Å². The van der Waals surface area contributed by atoms with E-state index in [1.807, 2.05) is 54.6 Å². The maximum atomic E-state index is 13.1. The van der Waals surface area contributed by atoms with Crippen LogP contribution in [0.1, 0.15) is 37.9 Å². The number of nitrogens with one attached hydrogen (secondary N) is 1. The van der Waals surface area contributed by atoms with Crippen molar-refractivity contribution in [2.75, 3.05) is 6.61 Å². The first-order valence-electron chi connectivity index (χ1n) is 11.0. The maximum Gasteiger partial charge on any atom is 0.262 e. The van der Waals surface area contributed by atoms with E-state index in [9.17, 15) is 4.79 Å². The lowest BCUT2D eigenvalue weighted by Crippen LogP contribution is -2.12. The number of aromatic nitrogens is 4. The van der Waals surface area contributed by atoms with Gasteiger partial charge in [-0.25, -0.2) is 9.67 Å². The number of ether oxygens (including phenoxy) is 2. The van der Waals surface area contributed by atoms with Crippen LogP contribution in [0.15, 0.2) is 59.4 Å². The first kappa shape index (κ1) is 21.8. The van der Waals surface area contributed by atoms with E-state index in [0.29, 0.717) is 48.1 Å². The zero-order valence-electron chi connectivity index (χ0n) is 18.5. The molecule has 0 aliphatic heterocycles. The molecule has 4 aromatic rings. The second-order valence-electron chi connectivity index (χ2n) is 7.61. The molecule has 0 radical (unpaired) electrons. The molecule has 0 unspecified atom stereocenters. The van der Waals surface area contributed by atoms with E-state index in [2.05, 4.69) is 23.9 Å². The Kier molecular flexibility index (Phi) is 6.97.